The summed E-state index contributed by atoms with van der Waals surface area (Å²) in [6.45, 7) is 1.96. The molecule has 0 bridgehead atoms. The summed E-state index contributed by atoms with van der Waals surface area (Å²) in [5.74, 6) is 0.0107. The summed E-state index contributed by atoms with van der Waals surface area (Å²) >= 11 is 0. The van der Waals surface area contributed by atoms with Gasteiger partial charge in [-0.1, -0.05) is 6.92 Å². The molecule has 0 radical (unpaired) electrons. The van der Waals surface area contributed by atoms with E-state index in [-0.39, 0.29) is 12.5 Å². The van der Waals surface area contributed by atoms with Gasteiger partial charge in [-0.15, -0.1) is 0 Å². The predicted octanol–water partition coefficient (Wildman–Crippen LogP) is 0.378. The number of amides is 1. The van der Waals surface area contributed by atoms with Gasteiger partial charge in [0.15, 0.2) is 0 Å². The van der Waals surface area contributed by atoms with Gasteiger partial charge in [-0.05, 0) is 0 Å². The molecule has 9 heavy (non-hydrogen) atoms. The van der Waals surface area contributed by atoms with Crippen LogP contribution in [0.25, 0.3) is 0 Å². The summed E-state index contributed by atoms with van der Waals surface area (Å²) in [7, 11) is 1.62. The molecule has 0 atom stereocenters. The van der Waals surface area contributed by atoms with E-state index in [2.05, 4.69) is 0 Å². The maximum absolute atomic E-state index is 10.7. The highest BCUT2D eigenvalue weighted by Gasteiger charge is 2.02. The first kappa shape index (κ1) is 7.96. The molecule has 0 spiro atoms. The van der Waals surface area contributed by atoms with E-state index in [1.807, 2.05) is 6.07 Å². The second-order valence-corrected chi connectivity index (χ2v) is 1.76. The Morgan fingerprint density at radius 3 is 2.67 bits per heavy atom. The van der Waals surface area contributed by atoms with E-state index in [0.717, 1.165) is 0 Å². The standard InChI is InChI=1S/C6H10N2O/c1-3-6(9)8(2)5-4-7/h3,5H2,1-2H3. The Balaban J connectivity index is 3.62. The van der Waals surface area contributed by atoms with Gasteiger partial charge in [-0.3, -0.25) is 4.79 Å². The van der Waals surface area contributed by atoms with Crippen molar-refractivity contribution in [2.45, 2.75) is 13.3 Å². The zero-order chi connectivity index (χ0) is 7.28. The Labute approximate surface area is 54.9 Å². The van der Waals surface area contributed by atoms with Crippen molar-refractivity contribution in [3.05, 3.63) is 0 Å². The molecule has 3 nitrogen and oxygen atoms in total. The van der Waals surface area contributed by atoms with Gasteiger partial charge < -0.3 is 4.90 Å². The Kier molecular flexibility index (Phi) is 3.45. The lowest BCUT2D eigenvalue weighted by molar-refractivity contribution is -0.128. The third-order valence-corrected chi connectivity index (χ3v) is 1.04. The molecule has 0 saturated carbocycles. The minimum absolute atomic E-state index is 0.0107. The van der Waals surface area contributed by atoms with Crippen LogP contribution in [0.5, 0.6) is 0 Å². The van der Waals surface area contributed by atoms with Crippen molar-refractivity contribution in [2.75, 3.05) is 13.6 Å². The quantitative estimate of drug-likeness (QED) is 0.502. The van der Waals surface area contributed by atoms with E-state index in [0.29, 0.717) is 6.42 Å². The Morgan fingerprint density at radius 2 is 2.33 bits per heavy atom. The second-order valence-electron chi connectivity index (χ2n) is 1.76. The van der Waals surface area contributed by atoms with Crippen molar-refractivity contribution in [1.29, 1.82) is 5.26 Å². The van der Waals surface area contributed by atoms with Crippen LogP contribution in [0.4, 0.5) is 0 Å². The fourth-order valence-electron chi connectivity index (χ4n) is 0.464. The first-order valence-electron chi connectivity index (χ1n) is 2.83. The summed E-state index contributed by atoms with van der Waals surface area (Å²) in [6.07, 6.45) is 0.470. The average Bonchev–Trinajstić information content (AvgIpc) is 1.87. The third kappa shape index (κ3) is 2.70. The molecule has 0 aromatic heterocycles. The molecule has 50 valence electrons. The number of rotatable bonds is 2. The molecule has 0 N–H and O–H groups in total. The van der Waals surface area contributed by atoms with Crippen LogP contribution in [-0.4, -0.2) is 24.4 Å². The predicted molar refractivity (Wildman–Crippen MR) is 33.5 cm³/mol. The number of carbonyl (C=O) groups is 1. The van der Waals surface area contributed by atoms with E-state index in [4.69, 9.17) is 5.26 Å². The topological polar surface area (TPSA) is 44.1 Å². The van der Waals surface area contributed by atoms with Crippen LogP contribution >= 0.6 is 0 Å². The highest BCUT2D eigenvalue weighted by molar-refractivity contribution is 5.75. The molecule has 3 heteroatoms. The number of hydrogen-bond donors (Lipinski definition) is 0. The molecule has 0 aromatic rings. The van der Waals surface area contributed by atoms with E-state index < -0.39 is 0 Å². The van der Waals surface area contributed by atoms with Gasteiger partial charge in [-0.2, -0.15) is 5.26 Å². The lowest BCUT2D eigenvalue weighted by atomic mass is 10.4. The van der Waals surface area contributed by atoms with Crippen LogP contribution in [0.3, 0.4) is 0 Å². The van der Waals surface area contributed by atoms with Crippen molar-refractivity contribution >= 4 is 5.91 Å². The van der Waals surface area contributed by atoms with Gasteiger partial charge in [0.2, 0.25) is 5.91 Å². The van der Waals surface area contributed by atoms with Gasteiger partial charge >= 0.3 is 0 Å². The molecule has 1 amide bonds. The average molecular weight is 126 g/mol. The highest BCUT2D eigenvalue weighted by atomic mass is 16.2. The molecular formula is C6H10N2O. The minimum Gasteiger partial charge on any atom is -0.332 e. The van der Waals surface area contributed by atoms with Crippen molar-refractivity contribution in [1.82, 2.24) is 4.90 Å². The monoisotopic (exact) mass is 126 g/mol. The normalized spacial score (nSPS) is 8.11. The van der Waals surface area contributed by atoms with E-state index in [1.54, 1.807) is 14.0 Å². The molecule has 0 aliphatic carbocycles. The maximum Gasteiger partial charge on any atom is 0.222 e. The number of hydrogen-bond acceptors (Lipinski definition) is 2. The van der Waals surface area contributed by atoms with Crippen LogP contribution in [0, 0.1) is 11.3 Å². The molecule has 0 heterocycles. The third-order valence-electron chi connectivity index (χ3n) is 1.04. The number of nitrogens with zero attached hydrogens (tertiary/aromatic N) is 2. The van der Waals surface area contributed by atoms with Crippen LogP contribution in [0.2, 0.25) is 0 Å². The summed E-state index contributed by atoms with van der Waals surface area (Å²) in [4.78, 5) is 12.1. The van der Waals surface area contributed by atoms with Crippen LogP contribution in [0.1, 0.15) is 13.3 Å². The largest absolute Gasteiger partial charge is 0.332 e. The van der Waals surface area contributed by atoms with Crippen LogP contribution in [-0.2, 0) is 4.79 Å². The van der Waals surface area contributed by atoms with Crippen molar-refractivity contribution in [2.24, 2.45) is 0 Å². The second kappa shape index (κ2) is 3.90. The van der Waals surface area contributed by atoms with Gasteiger partial charge in [0.25, 0.3) is 0 Å². The Morgan fingerprint density at radius 1 is 1.78 bits per heavy atom. The van der Waals surface area contributed by atoms with Gasteiger partial charge in [0.1, 0.15) is 6.54 Å². The van der Waals surface area contributed by atoms with E-state index >= 15 is 0 Å². The summed E-state index contributed by atoms with van der Waals surface area (Å²) < 4.78 is 0. The summed E-state index contributed by atoms with van der Waals surface area (Å²) in [5, 5.41) is 8.14. The minimum atomic E-state index is 0.0107. The van der Waals surface area contributed by atoms with Gasteiger partial charge in [-0.25, -0.2) is 0 Å². The Bertz CT molecular complexity index is 136. The summed E-state index contributed by atoms with van der Waals surface area (Å²) in [5.41, 5.74) is 0. The fraction of sp³-hybridized carbons (Fsp3) is 0.667. The van der Waals surface area contributed by atoms with Gasteiger partial charge in [0.05, 0.1) is 6.07 Å². The lowest BCUT2D eigenvalue weighted by Gasteiger charge is -2.09. The fourth-order valence-corrected chi connectivity index (χ4v) is 0.464. The van der Waals surface area contributed by atoms with Crippen molar-refractivity contribution < 1.29 is 4.79 Å². The molecule has 0 aromatic carbocycles. The van der Waals surface area contributed by atoms with Crippen LogP contribution in [0.15, 0.2) is 0 Å². The van der Waals surface area contributed by atoms with Crippen molar-refractivity contribution in [3.63, 3.8) is 0 Å². The SMILES string of the molecule is CCC(=O)N(C)CC#N. The first-order chi connectivity index (χ1) is 4.22. The zero-order valence-electron chi connectivity index (χ0n) is 5.72. The molecule has 0 saturated heterocycles. The first-order valence-corrected chi connectivity index (χ1v) is 2.83. The molecule has 0 aliphatic heterocycles. The smallest absolute Gasteiger partial charge is 0.222 e. The molecule has 0 aliphatic rings. The molecule has 0 rings (SSSR count). The van der Waals surface area contributed by atoms with Gasteiger partial charge in [0, 0.05) is 13.5 Å². The maximum atomic E-state index is 10.7. The summed E-state index contributed by atoms with van der Waals surface area (Å²) in [6, 6.07) is 1.89. The molecule has 0 unspecified atom stereocenters. The van der Waals surface area contributed by atoms with E-state index in [1.165, 1.54) is 4.90 Å². The Hall–Kier alpha value is -1.04. The molecule has 0 fully saturated rings. The number of nitriles is 1. The zero-order valence-corrected chi connectivity index (χ0v) is 5.72. The number of carbonyl (C=O) groups excluding carboxylic acids is 1. The van der Waals surface area contributed by atoms with Crippen LogP contribution < -0.4 is 0 Å². The highest BCUT2D eigenvalue weighted by Crippen LogP contribution is 1.86. The lowest BCUT2D eigenvalue weighted by Crippen LogP contribution is -2.25. The molecular weight excluding hydrogens is 116 g/mol. The van der Waals surface area contributed by atoms with E-state index in [9.17, 15) is 4.79 Å². The van der Waals surface area contributed by atoms with Crippen molar-refractivity contribution in [3.8, 4) is 6.07 Å².